The molecule has 0 unspecified atom stereocenters. The van der Waals surface area contributed by atoms with Crippen molar-refractivity contribution in [2.24, 2.45) is 5.11 Å². The molecule has 0 N–H and O–H groups in total. The number of nitrogens with zero attached hydrogens (tertiary/aromatic N) is 3. The Morgan fingerprint density at radius 3 is 1.86 bits per heavy atom. The van der Waals surface area contributed by atoms with Gasteiger partial charge in [-0.1, -0.05) is 51.6 Å². The second-order valence-electron chi connectivity index (χ2n) is 3.97. The van der Waals surface area contributed by atoms with E-state index in [-0.39, 0.29) is 5.54 Å². The van der Waals surface area contributed by atoms with Crippen molar-refractivity contribution >= 4 is 0 Å². The van der Waals surface area contributed by atoms with Crippen molar-refractivity contribution in [1.29, 1.82) is 0 Å². The third kappa shape index (κ3) is 4.52. The summed E-state index contributed by atoms with van der Waals surface area (Å²) in [6.45, 7) is 6.48. The van der Waals surface area contributed by atoms with Crippen LogP contribution in [0.4, 0.5) is 0 Å². The van der Waals surface area contributed by atoms with Crippen molar-refractivity contribution in [2.75, 3.05) is 0 Å². The van der Waals surface area contributed by atoms with Gasteiger partial charge in [0, 0.05) is 10.5 Å². The molecule has 0 bridgehead atoms. The lowest BCUT2D eigenvalue weighted by atomic mass is 9.86. The Kier molecular flexibility index (Phi) is 7.31. The molecule has 0 aromatic heterocycles. The largest absolute Gasteiger partial charge is 0.0873 e. The van der Waals surface area contributed by atoms with Crippen LogP contribution in [-0.2, 0) is 0 Å². The number of hydrogen-bond acceptors (Lipinski definition) is 1. The third-order valence-corrected chi connectivity index (χ3v) is 2.91. The summed E-state index contributed by atoms with van der Waals surface area (Å²) in [5, 5.41) is 4.03. The van der Waals surface area contributed by atoms with Crippen molar-refractivity contribution in [3.8, 4) is 0 Å². The van der Waals surface area contributed by atoms with E-state index in [0.29, 0.717) is 0 Å². The molecule has 0 radical (unpaired) electrons. The predicted molar refractivity (Wildman–Crippen MR) is 61.2 cm³/mol. The van der Waals surface area contributed by atoms with Crippen molar-refractivity contribution in [1.82, 2.24) is 0 Å². The first kappa shape index (κ1) is 13.3. The fourth-order valence-corrected chi connectivity index (χ4v) is 1.76. The van der Waals surface area contributed by atoms with Gasteiger partial charge in [-0.2, -0.15) is 0 Å². The fourth-order valence-electron chi connectivity index (χ4n) is 1.76. The number of azide groups is 1. The first-order valence-electron chi connectivity index (χ1n) is 5.81. The van der Waals surface area contributed by atoms with Crippen LogP contribution < -0.4 is 0 Å². The summed E-state index contributed by atoms with van der Waals surface area (Å²) < 4.78 is 0. The van der Waals surface area contributed by atoms with E-state index < -0.39 is 0 Å². The van der Waals surface area contributed by atoms with Gasteiger partial charge in [0.2, 0.25) is 0 Å². The molecule has 0 saturated carbocycles. The summed E-state index contributed by atoms with van der Waals surface area (Å²) in [5.41, 5.74) is 8.49. The van der Waals surface area contributed by atoms with Crippen LogP contribution in [0, 0.1) is 0 Å². The molecule has 0 aliphatic heterocycles. The van der Waals surface area contributed by atoms with Gasteiger partial charge in [-0.3, -0.25) is 0 Å². The van der Waals surface area contributed by atoms with E-state index in [9.17, 15) is 0 Å². The molecule has 0 aromatic carbocycles. The van der Waals surface area contributed by atoms with Crippen LogP contribution in [0.15, 0.2) is 5.11 Å². The quantitative estimate of drug-likeness (QED) is 0.304. The molecule has 0 rings (SSSR count). The maximum atomic E-state index is 8.59. The van der Waals surface area contributed by atoms with Gasteiger partial charge in [0.1, 0.15) is 0 Å². The molecule has 0 spiro atoms. The molecular weight excluding hydrogens is 174 g/mol. The molecular formula is C11H23N3. The van der Waals surface area contributed by atoms with Crippen LogP contribution in [0.25, 0.3) is 10.4 Å². The van der Waals surface area contributed by atoms with Gasteiger partial charge >= 0.3 is 0 Å². The Labute approximate surface area is 87.5 Å². The molecule has 82 valence electrons. The lowest BCUT2D eigenvalue weighted by Crippen LogP contribution is -2.24. The Morgan fingerprint density at radius 2 is 1.57 bits per heavy atom. The average Bonchev–Trinajstić information content (AvgIpc) is 2.22. The average molecular weight is 197 g/mol. The monoisotopic (exact) mass is 197 g/mol. The standard InChI is InChI=1S/C11H23N3/c1-4-7-9-11(6-3,13-14-12)10-8-5-2/h4-10H2,1-3H3. The summed E-state index contributed by atoms with van der Waals surface area (Å²) in [6, 6.07) is 0. The van der Waals surface area contributed by atoms with E-state index in [2.05, 4.69) is 30.8 Å². The Balaban J connectivity index is 4.34. The van der Waals surface area contributed by atoms with E-state index >= 15 is 0 Å². The molecule has 0 saturated heterocycles. The van der Waals surface area contributed by atoms with E-state index in [1.165, 1.54) is 12.8 Å². The lowest BCUT2D eigenvalue weighted by molar-refractivity contribution is 0.332. The van der Waals surface area contributed by atoms with Crippen LogP contribution in [-0.4, -0.2) is 5.54 Å². The number of hydrogen-bond donors (Lipinski definition) is 0. The Hall–Kier alpha value is -0.690. The zero-order valence-corrected chi connectivity index (χ0v) is 9.79. The van der Waals surface area contributed by atoms with Gasteiger partial charge in [0.25, 0.3) is 0 Å². The number of unbranched alkanes of at least 4 members (excludes halogenated alkanes) is 2. The van der Waals surface area contributed by atoms with Crippen LogP contribution in [0.5, 0.6) is 0 Å². The molecule has 0 aromatic rings. The van der Waals surface area contributed by atoms with Gasteiger partial charge in [-0.25, -0.2) is 0 Å². The maximum Gasteiger partial charge on any atom is 0.0485 e. The van der Waals surface area contributed by atoms with E-state index in [1.54, 1.807) is 0 Å². The zero-order chi connectivity index (χ0) is 10.9. The topological polar surface area (TPSA) is 48.8 Å². The van der Waals surface area contributed by atoms with Crippen molar-refractivity contribution < 1.29 is 0 Å². The predicted octanol–water partition coefficient (Wildman–Crippen LogP) is 4.83. The van der Waals surface area contributed by atoms with E-state index in [1.807, 2.05) is 0 Å². The highest BCUT2D eigenvalue weighted by atomic mass is 15.2. The molecule has 0 heterocycles. The first-order valence-corrected chi connectivity index (χ1v) is 5.81. The SMILES string of the molecule is CCCCC(CC)(CCCC)N=[N+]=[N-]. The molecule has 0 atom stereocenters. The number of rotatable bonds is 8. The third-order valence-electron chi connectivity index (χ3n) is 2.91. The maximum absolute atomic E-state index is 8.59. The van der Waals surface area contributed by atoms with Crippen molar-refractivity contribution in [3.05, 3.63) is 10.4 Å². The van der Waals surface area contributed by atoms with E-state index in [0.717, 1.165) is 32.1 Å². The van der Waals surface area contributed by atoms with Crippen LogP contribution in [0.3, 0.4) is 0 Å². The smallest absolute Gasteiger partial charge is 0.0485 e. The zero-order valence-electron chi connectivity index (χ0n) is 9.79. The molecule has 3 heteroatoms. The summed E-state index contributed by atoms with van der Waals surface area (Å²) in [4.78, 5) is 3.01. The summed E-state index contributed by atoms with van der Waals surface area (Å²) in [6.07, 6.45) is 7.74. The fraction of sp³-hybridized carbons (Fsp3) is 1.00. The highest BCUT2D eigenvalue weighted by molar-refractivity contribution is 4.86. The Bertz CT molecular complexity index is 175. The van der Waals surface area contributed by atoms with Gasteiger partial charge in [0.15, 0.2) is 0 Å². The molecule has 0 fully saturated rings. The van der Waals surface area contributed by atoms with Gasteiger partial charge in [-0.05, 0) is 24.8 Å². The molecule has 3 nitrogen and oxygen atoms in total. The minimum atomic E-state index is -0.0965. The molecule has 0 aliphatic carbocycles. The molecule has 14 heavy (non-hydrogen) atoms. The highest BCUT2D eigenvalue weighted by Gasteiger charge is 2.24. The second-order valence-corrected chi connectivity index (χ2v) is 3.97. The van der Waals surface area contributed by atoms with Gasteiger partial charge in [-0.15, -0.1) is 0 Å². The minimum Gasteiger partial charge on any atom is -0.0873 e. The normalized spacial score (nSPS) is 11.1. The summed E-state index contributed by atoms with van der Waals surface area (Å²) >= 11 is 0. The van der Waals surface area contributed by atoms with Crippen molar-refractivity contribution in [2.45, 2.75) is 71.3 Å². The minimum absolute atomic E-state index is 0.0965. The summed E-state index contributed by atoms with van der Waals surface area (Å²) in [5.74, 6) is 0. The highest BCUT2D eigenvalue weighted by Crippen LogP contribution is 2.29. The Morgan fingerprint density at radius 1 is 1.07 bits per heavy atom. The second kappa shape index (κ2) is 7.69. The van der Waals surface area contributed by atoms with E-state index in [4.69, 9.17) is 5.53 Å². The van der Waals surface area contributed by atoms with Crippen LogP contribution >= 0.6 is 0 Å². The summed E-state index contributed by atoms with van der Waals surface area (Å²) in [7, 11) is 0. The molecule has 0 aliphatic rings. The van der Waals surface area contributed by atoms with Gasteiger partial charge < -0.3 is 0 Å². The van der Waals surface area contributed by atoms with Crippen molar-refractivity contribution in [3.63, 3.8) is 0 Å². The first-order chi connectivity index (χ1) is 6.74. The van der Waals surface area contributed by atoms with Crippen LogP contribution in [0.2, 0.25) is 0 Å². The van der Waals surface area contributed by atoms with Crippen LogP contribution in [0.1, 0.15) is 65.7 Å². The molecule has 0 amide bonds. The lowest BCUT2D eigenvalue weighted by Gasteiger charge is -2.27. The van der Waals surface area contributed by atoms with Gasteiger partial charge in [0.05, 0.1) is 0 Å².